The van der Waals surface area contributed by atoms with Gasteiger partial charge in [-0.15, -0.1) is 0 Å². The number of aromatic amines is 1. The molecule has 1 amide bonds. The fraction of sp³-hybridized carbons (Fsp3) is 0.812. The van der Waals surface area contributed by atoms with Crippen molar-refractivity contribution in [1.82, 2.24) is 25.8 Å². The molecule has 7 heteroatoms. The summed E-state index contributed by atoms with van der Waals surface area (Å²) in [6.45, 7) is 7.26. The second-order valence-electron chi connectivity index (χ2n) is 7.17. The SMILES string of the molecule is CC(C)(C)OC(=O)NCC1CCCC1NCCCc1ncn[nH]1. The molecule has 0 saturated heterocycles. The monoisotopic (exact) mass is 323 g/mol. The van der Waals surface area contributed by atoms with E-state index in [9.17, 15) is 4.79 Å². The molecule has 1 aliphatic carbocycles. The van der Waals surface area contributed by atoms with Gasteiger partial charge in [0.05, 0.1) is 0 Å². The van der Waals surface area contributed by atoms with Crippen molar-refractivity contribution in [3.05, 3.63) is 12.2 Å². The zero-order valence-corrected chi connectivity index (χ0v) is 14.4. The minimum atomic E-state index is -0.446. The molecule has 1 aliphatic rings. The molecule has 1 fully saturated rings. The summed E-state index contributed by atoms with van der Waals surface area (Å²) in [6, 6.07) is 0.472. The fourth-order valence-corrected chi connectivity index (χ4v) is 2.97. The Kier molecular flexibility index (Phi) is 6.38. The van der Waals surface area contributed by atoms with Crippen LogP contribution >= 0.6 is 0 Å². The second-order valence-corrected chi connectivity index (χ2v) is 7.17. The van der Waals surface area contributed by atoms with Crippen molar-refractivity contribution >= 4 is 6.09 Å². The maximum Gasteiger partial charge on any atom is 0.407 e. The van der Waals surface area contributed by atoms with E-state index in [1.54, 1.807) is 0 Å². The summed E-state index contributed by atoms with van der Waals surface area (Å²) >= 11 is 0. The van der Waals surface area contributed by atoms with Gasteiger partial charge in [-0.3, -0.25) is 5.10 Å². The fourth-order valence-electron chi connectivity index (χ4n) is 2.97. The summed E-state index contributed by atoms with van der Waals surface area (Å²) in [5.41, 5.74) is -0.446. The lowest BCUT2D eigenvalue weighted by Gasteiger charge is -2.23. The van der Waals surface area contributed by atoms with Crippen LogP contribution in [-0.4, -0.2) is 46.0 Å². The van der Waals surface area contributed by atoms with E-state index in [-0.39, 0.29) is 6.09 Å². The maximum atomic E-state index is 11.7. The molecule has 2 rings (SSSR count). The van der Waals surface area contributed by atoms with E-state index in [2.05, 4.69) is 25.8 Å². The Bertz CT molecular complexity index is 469. The van der Waals surface area contributed by atoms with Gasteiger partial charge in [-0.05, 0) is 52.5 Å². The number of hydrogen-bond donors (Lipinski definition) is 3. The summed E-state index contributed by atoms with van der Waals surface area (Å²) in [6.07, 6.45) is 6.67. The molecule has 2 unspecified atom stereocenters. The number of aromatic nitrogens is 3. The molecule has 1 heterocycles. The van der Waals surface area contributed by atoms with Crippen LogP contribution in [0.3, 0.4) is 0 Å². The van der Waals surface area contributed by atoms with Crippen molar-refractivity contribution in [1.29, 1.82) is 0 Å². The standard InChI is InChI=1S/C16H29N5O2/c1-16(2,3)23-15(22)18-10-12-6-4-7-13(12)17-9-5-8-14-19-11-20-21-14/h11-13,17H,4-10H2,1-3H3,(H,18,22)(H,19,20,21). The highest BCUT2D eigenvalue weighted by molar-refractivity contribution is 5.67. The number of nitrogens with zero attached hydrogens (tertiary/aromatic N) is 2. The Hall–Kier alpha value is -1.63. The summed E-state index contributed by atoms with van der Waals surface area (Å²) in [7, 11) is 0. The van der Waals surface area contributed by atoms with Crippen molar-refractivity contribution in [3.63, 3.8) is 0 Å². The molecule has 2 atom stereocenters. The van der Waals surface area contributed by atoms with Crippen LogP contribution in [0.5, 0.6) is 0 Å². The van der Waals surface area contributed by atoms with Crippen molar-refractivity contribution in [3.8, 4) is 0 Å². The molecule has 0 aliphatic heterocycles. The van der Waals surface area contributed by atoms with Gasteiger partial charge < -0.3 is 15.4 Å². The molecule has 0 bridgehead atoms. The van der Waals surface area contributed by atoms with Crippen LogP contribution in [0, 0.1) is 5.92 Å². The number of carbonyl (C=O) groups excluding carboxylic acids is 1. The highest BCUT2D eigenvalue weighted by atomic mass is 16.6. The summed E-state index contributed by atoms with van der Waals surface area (Å²) in [4.78, 5) is 15.9. The predicted octanol–water partition coefficient (Wildman–Crippen LogP) is 2.02. The molecule has 7 nitrogen and oxygen atoms in total. The van der Waals surface area contributed by atoms with Crippen LogP contribution in [-0.2, 0) is 11.2 Å². The van der Waals surface area contributed by atoms with E-state index >= 15 is 0 Å². The molecular weight excluding hydrogens is 294 g/mol. The first-order valence-electron chi connectivity index (χ1n) is 8.48. The topological polar surface area (TPSA) is 91.9 Å². The third-order valence-electron chi connectivity index (χ3n) is 4.03. The lowest BCUT2D eigenvalue weighted by molar-refractivity contribution is 0.0517. The number of hydrogen-bond acceptors (Lipinski definition) is 5. The first kappa shape index (κ1) is 17.7. The molecule has 1 aromatic rings. The Morgan fingerprint density at radius 2 is 2.26 bits per heavy atom. The predicted molar refractivity (Wildman–Crippen MR) is 88.1 cm³/mol. The average molecular weight is 323 g/mol. The summed E-state index contributed by atoms with van der Waals surface area (Å²) < 4.78 is 5.29. The van der Waals surface area contributed by atoms with Crippen LogP contribution in [0.4, 0.5) is 4.79 Å². The summed E-state index contributed by atoms with van der Waals surface area (Å²) in [5.74, 6) is 1.41. The molecule has 1 aromatic heterocycles. The summed E-state index contributed by atoms with van der Waals surface area (Å²) in [5, 5.41) is 13.2. The average Bonchev–Trinajstić information content (AvgIpc) is 3.11. The van der Waals surface area contributed by atoms with Gasteiger partial charge in [0.15, 0.2) is 0 Å². The Morgan fingerprint density at radius 1 is 1.43 bits per heavy atom. The molecule has 0 aromatic carbocycles. The molecule has 1 saturated carbocycles. The van der Waals surface area contributed by atoms with Gasteiger partial charge in [-0.25, -0.2) is 9.78 Å². The first-order valence-corrected chi connectivity index (χ1v) is 8.48. The lowest BCUT2D eigenvalue weighted by atomic mass is 10.0. The van der Waals surface area contributed by atoms with E-state index in [0.29, 0.717) is 18.5 Å². The number of H-pyrrole nitrogens is 1. The van der Waals surface area contributed by atoms with E-state index in [0.717, 1.165) is 31.6 Å². The molecule has 130 valence electrons. The lowest BCUT2D eigenvalue weighted by Crippen LogP contribution is -2.41. The maximum absolute atomic E-state index is 11.7. The van der Waals surface area contributed by atoms with E-state index in [1.165, 1.54) is 19.2 Å². The number of alkyl carbamates (subject to hydrolysis) is 1. The highest BCUT2D eigenvalue weighted by Crippen LogP contribution is 2.25. The zero-order chi connectivity index (χ0) is 16.7. The number of aryl methyl sites for hydroxylation is 1. The van der Waals surface area contributed by atoms with Crippen LogP contribution in [0.25, 0.3) is 0 Å². The van der Waals surface area contributed by atoms with Gasteiger partial charge in [0.1, 0.15) is 17.8 Å². The van der Waals surface area contributed by atoms with Crippen LogP contribution in [0.2, 0.25) is 0 Å². The Morgan fingerprint density at radius 3 is 2.96 bits per heavy atom. The van der Waals surface area contributed by atoms with E-state index in [1.807, 2.05) is 20.8 Å². The van der Waals surface area contributed by atoms with Crippen LogP contribution < -0.4 is 10.6 Å². The van der Waals surface area contributed by atoms with Gasteiger partial charge in [0, 0.05) is 19.0 Å². The quantitative estimate of drug-likeness (QED) is 0.668. The van der Waals surface area contributed by atoms with E-state index < -0.39 is 5.60 Å². The smallest absolute Gasteiger partial charge is 0.407 e. The molecule has 0 radical (unpaired) electrons. The van der Waals surface area contributed by atoms with Crippen molar-refractivity contribution < 1.29 is 9.53 Å². The van der Waals surface area contributed by atoms with E-state index in [4.69, 9.17) is 4.74 Å². The van der Waals surface area contributed by atoms with Gasteiger partial charge in [0.25, 0.3) is 0 Å². The third-order valence-corrected chi connectivity index (χ3v) is 4.03. The largest absolute Gasteiger partial charge is 0.444 e. The van der Waals surface area contributed by atoms with Gasteiger partial charge in [0.2, 0.25) is 0 Å². The zero-order valence-electron chi connectivity index (χ0n) is 14.4. The normalized spacial score (nSPS) is 21.3. The first-order chi connectivity index (χ1) is 10.9. The number of rotatable bonds is 7. The molecule has 3 N–H and O–H groups in total. The van der Waals surface area contributed by atoms with Gasteiger partial charge in [-0.2, -0.15) is 5.10 Å². The van der Waals surface area contributed by atoms with Crippen molar-refractivity contribution in [2.45, 2.75) is 64.5 Å². The van der Waals surface area contributed by atoms with Gasteiger partial charge >= 0.3 is 6.09 Å². The van der Waals surface area contributed by atoms with Crippen molar-refractivity contribution in [2.75, 3.05) is 13.1 Å². The number of carbonyl (C=O) groups is 1. The third kappa shape index (κ3) is 6.56. The molecule has 23 heavy (non-hydrogen) atoms. The minimum Gasteiger partial charge on any atom is -0.444 e. The van der Waals surface area contributed by atoms with Crippen LogP contribution in [0.15, 0.2) is 6.33 Å². The highest BCUT2D eigenvalue weighted by Gasteiger charge is 2.27. The van der Waals surface area contributed by atoms with Gasteiger partial charge in [-0.1, -0.05) is 6.42 Å². The minimum absolute atomic E-state index is 0.325. The van der Waals surface area contributed by atoms with Crippen LogP contribution in [0.1, 0.15) is 52.3 Å². The number of amides is 1. The number of ether oxygens (including phenoxy) is 1. The molecular formula is C16H29N5O2. The Balaban J connectivity index is 1.63. The second kappa shape index (κ2) is 8.29. The Labute approximate surface area is 138 Å². The van der Waals surface area contributed by atoms with Crippen molar-refractivity contribution in [2.24, 2.45) is 5.92 Å². The number of nitrogens with one attached hydrogen (secondary N) is 3. The molecule has 0 spiro atoms.